The molecule has 1 N–H and O–H groups in total. The fraction of sp³-hybridized carbons (Fsp3) is 1.00. The third-order valence-corrected chi connectivity index (χ3v) is 3.61. The molecular weight excluding hydrogens is 223 g/mol. The molecule has 1 rings (SSSR count). The van der Waals surface area contributed by atoms with Gasteiger partial charge in [-0.1, -0.05) is 19.3 Å². The Kier molecular flexibility index (Phi) is 4.77. The molecule has 5 heteroatoms. The summed E-state index contributed by atoms with van der Waals surface area (Å²) in [5.41, 5.74) is -4.01. The molecule has 90 valence electrons. The summed E-state index contributed by atoms with van der Waals surface area (Å²) in [5, 5.41) is 3.25. The van der Waals surface area contributed by atoms with Crippen molar-refractivity contribution in [2.45, 2.75) is 50.1 Å². The van der Waals surface area contributed by atoms with Gasteiger partial charge in [0, 0.05) is 17.8 Å². The van der Waals surface area contributed by atoms with Gasteiger partial charge in [0.1, 0.15) is 0 Å². The Labute approximate surface area is 93.2 Å². The van der Waals surface area contributed by atoms with Crippen LogP contribution < -0.4 is 5.32 Å². The molecule has 0 unspecified atom stereocenters. The molecule has 1 fully saturated rings. The van der Waals surface area contributed by atoms with Crippen LogP contribution in [-0.4, -0.2) is 23.3 Å². The summed E-state index contributed by atoms with van der Waals surface area (Å²) < 4.78 is 35.6. The Morgan fingerprint density at radius 3 is 2.33 bits per heavy atom. The summed E-state index contributed by atoms with van der Waals surface area (Å²) in [6.07, 6.45) is 5.81. The minimum absolute atomic E-state index is 0.0584. The standard InChI is InChI=1S/C10H18F3NS/c1-9(5-3-2-4-6-9)14-7-8-15-10(11,12)13/h14H,2-8H2,1H3. The maximum absolute atomic E-state index is 11.9. The van der Waals surface area contributed by atoms with Crippen LogP contribution in [0.15, 0.2) is 0 Å². The molecule has 0 atom stereocenters. The van der Waals surface area contributed by atoms with Crippen molar-refractivity contribution in [1.82, 2.24) is 5.32 Å². The molecule has 0 bridgehead atoms. The van der Waals surface area contributed by atoms with Gasteiger partial charge in [-0.3, -0.25) is 0 Å². The van der Waals surface area contributed by atoms with Gasteiger partial charge >= 0.3 is 5.51 Å². The highest BCUT2D eigenvalue weighted by atomic mass is 32.2. The molecule has 0 amide bonds. The summed E-state index contributed by atoms with van der Waals surface area (Å²) in [7, 11) is 0. The third kappa shape index (κ3) is 5.66. The van der Waals surface area contributed by atoms with Gasteiger partial charge in [-0.05, 0) is 31.5 Å². The average Bonchev–Trinajstić information content (AvgIpc) is 2.12. The van der Waals surface area contributed by atoms with Crippen LogP contribution in [-0.2, 0) is 0 Å². The fourth-order valence-electron chi connectivity index (χ4n) is 2.03. The van der Waals surface area contributed by atoms with Crippen LogP contribution in [0.5, 0.6) is 0 Å². The summed E-state index contributed by atoms with van der Waals surface area (Å²) in [5.74, 6) is 0.110. The normalized spacial score (nSPS) is 21.6. The van der Waals surface area contributed by atoms with E-state index in [-0.39, 0.29) is 23.1 Å². The zero-order valence-electron chi connectivity index (χ0n) is 8.99. The molecule has 0 radical (unpaired) electrons. The Balaban J connectivity index is 2.13. The quantitative estimate of drug-likeness (QED) is 0.755. The maximum atomic E-state index is 11.9. The van der Waals surface area contributed by atoms with Gasteiger partial charge in [0.25, 0.3) is 0 Å². The summed E-state index contributed by atoms with van der Waals surface area (Å²) in [6, 6.07) is 0. The highest BCUT2D eigenvalue weighted by Gasteiger charge is 2.29. The van der Waals surface area contributed by atoms with Crippen molar-refractivity contribution < 1.29 is 13.2 Å². The molecule has 15 heavy (non-hydrogen) atoms. The van der Waals surface area contributed by atoms with E-state index in [1.54, 1.807) is 0 Å². The first-order valence-corrected chi connectivity index (χ1v) is 6.36. The molecule has 0 saturated heterocycles. The van der Waals surface area contributed by atoms with Crippen molar-refractivity contribution in [3.05, 3.63) is 0 Å². The summed E-state index contributed by atoms with van der Waals surface area (Å²) >= 11 is 0.0584. The van der Waals surface area contributed by atoms with Gasteiger partial charge in [-0.2, -0.15) is 13.2 Å². The van der Waals surface area contributed by atoms with Gasteiger partial charge in [-0.15, -0.1) is 0 Å². The van der Waals surface area contributed by atoms with E-state index in [0.717, 1.165) is 12.8 Å². The van der Waals surface area contributed by atoms with Gasteiger partial charge in [0.2, 0.25) is 0 Å². The van der Waals surface area contributed by atoms with Crippen molar-refractivity contribution in [2.24, 2.45) is 0 Å². The molecule has 1 nitrogen and oxygen atoms in total. The van der Waals surface area contributed by atoms with Crippen LogP contribution in [0.1, 0.15) is 39.0 Å². The molecule has 0 aromatic rings. The van der Waals surface area contributed by atoms with Crippen LogP contribution >= 0.6 is 11.8 Å². The number of hydrogen-bond donors (Lipinski definition) is 1. The second kappa shape index (κ2) is 5.43. The lowest BCUT2D eigenvalue weighted by Crippen LogP contribution is -2.44. The fourth-order valence-corrected chi connectivity index (χ4v) is 2.46. The predicted molar refractivity (Wildman–Crippen MR) is 58.0 cm³/mol. The Morgan fingerprint density at radius 1 is 1.20 bits per heavy atom. The van der Waals surface area contributed by atoms with Crippen LogP contribution in [0.2, 0.25) is 0 Å². The predicted octanol–water partition coefficient (Wildman–Crippen LogP) is 3.55. The van der Waals surface area contributed by atoms with Crippen LogP contribution in [0.4, 0.5) is 13.2 Å². The molecule has 1 saturated carbocycles. The van der Waals surface area contributed by atoms with E-state index < -0.39 is 5.51 Å². The number of rotatable bonds is 4. The largest absolute Gasteiger partial charge is 0.441 e. The van der Waals surface area contributed by atoms with Gasteiger partial charge in [0.15, 0.2) is 0 Å². The highest BCUT2D eigenvalue weighted by molar-refractivity contribution is 8.00. The van der Waals surface area contributed by atoms with Crippen LogP contribution in [0, 0.1) is 0 Å². The van der Waals surface area contributed by atoms with E-state index in [1.807, 2.05) is 0 Å². The van der Waals surface area contributed by atoms with E-state index >= 15 is 0 Å². The topological polar surface area (TPSA) is 12.0 Å². The van der Waals surface area contributed by atoms with Crippen molar-refractivity contribution in [1.29, 1.82) is 0 Å². The lowest BCUT2D eigenvalue weighted by atomic mass is 9.83. The lowest BCUT2D eigenvalue weighted by Gasteiger charge is -2.34. The van der Waals surface area contributed by atoms with E-state index in [1.165, 1.54) is 19.3 Å². The molecule has 0 aliphatic heterocycles. The number of halogens is 3. The zero-order chi connectivity index (χ0) is 11.4. The molecule has 0 aromatic carbocycles. The van der Waals surface area contributed by atoms with Crippen LogP contribution in [0.3, 0.4) is 0 Å². The smallest absolute Gasteiger partial charge is 0.311 e. The van der Waals surface area contributed by atoms with Crippen molar-refractivity contribution >= 4 is 11.8 Å². The average molecular weight is 241 g/mol. The molecule has 0 heterocycles. The highest BCUT2D eigenvalue weighted by Crippen LogP contribution is 2.30. The second-order valence-electron chi connectivity index (χ2n) is 4.34. The first-order chi connectivity index (χ1) is 6.91. The third-order valence-electron chi connectivity index (χ3n) is 2.88. The molecule has 0 aromatic heterocycles. The number of thioether (sulfide) groups is 1. The SMILES string of the molecule is CC1(NCCSC(F)(F)F)CCCCC1. The molecule has 1 aliphatic carbocycles. The van der Waals surface area contributed by atoms with E-state index in [4.69, 9.17) is 0 Å². The van der Waals surface area contributed by atoms with Crippen molar-refractivity contribution in [3.63, 3.8) is 0 Å². The monoisotopic (exact) mass is 241 g/mol. The molecule has 1 aliphatic rings. The van der Waals surface area contributed by atoms with Gasteiger partial charge in [-0.25, -0.2) is 0 Å². The van der Waals surface area contributed by atoms with Crippen molar-refractivity contribution in [3.8, 4) is 0 Å². The van der Waals surface area contributed by atoms with E-state index in [0.29, 0.717) is 6.54 Å². The zero-order valence-corrected chi connectivity index (χ0v) is 9.81. The number of hydrogen-bond acceptors (Lipinski definition) is 2. The van der Waals surface area contributed by atoms with Gasteiger partial charge in [0.05, 0.1) is 0 Å². The number of nitrogens with one attached hydrogen (secondary N) is 1. The first kappa shape index (κ1) is 13.2. The minimum Gasteiger partial charge on any atom is -0.311 e. The van der Waals surface area contributed by atoms with E-state index in [9.17, 15) is 13.2 Å². The Morgan fingerprint density at radius 2 is 1.80 bits per heavy atom. The summed E-state index contributed by atoms with van der Waals surface area (Å²) in [4.78, 5) is 0. The lowest BCUT2D eigenvalue weighted by molar-refractivity contribution is -0.0328. The Bertz CT molecular complexity index is 188. The maximum Gasteiger partial charge on any atom is 0.441 e. The van der Waals surface area contributed by atoms with Gasteiger partial charge < -0.3 is 5.32 Å². The Hall–Kier alpha value is 0.100. The van der Waals surface area contributed by atoms with Crippen molar-refractivity contribution in [2.75, 3.05) is 12.3 Å². The molecular formula is C10H18F3NS. The second-order valence-corrected chi connectivity index (χ2v) is 5.50. The molecule has 0 spiro atoms. The minimum atomic E-state index is -4.09. The first-order valence-electron chi connectivity index (χ1n) is 5.37. The van der Waals surface area contributed by atoms with E-state index in [2.05, 4.69) is 12.2 Å². The number of alkyl halides is 3. The van der Waals surface area contributed by atoms with Crippen LogP contribution in [0.25, 0.3) is 0 Å². The summed E-state index contributed by atoms with van der Waals surface area (Å²) in [6.45, 7) is 2.56.